The van der Waals surface area contributed by atoms with Gasteiger partial charge < -0.3 is 4.42 Å². The molecule has 13 heavy (non-hydrogen) atoms. The van der Waals surface area contributed by atoms with Crippen LogP contribution in [0.3, 0.4) is 0 Å². The van der Waals surface area contributed by atoms with Crippen molar-refractivity contribution in [3.05, 3.63) is 54.7 Å². The summed E-state index contributed by atoms with van der Waals surface area (Å²) in [5, 5.41) is 0. The van der Waals surface area contributed by atoms with Gasteiger partial charge in [-0.25, -0.2) is 0 Å². The van der Waals surface area contributed by atoms with E-state index in [2.05, 4.69) is 0 Å². The zero-order chi connectivity index (χ0) is 9.10. The van der Waals surface area contributed by atoms with Crippen molar-refractivity contribution < 1.29 is 8.98 Å². The fraction of sp³-hybridized carbons (Fsp3) is 0.100. The average molecular weight is 195 g/mol. The average Bonchev–Trinajstić information content (AvgIpc) is 2.71. The quantitative estimate of drug-likeness (QED) is 0.530. The van der Waals surface area contributed by atoms with Crippen molar-refractivity contribution in [3.8, 4) is 0 Å². The van der Waals surface area contributed by atoms with E-state index in [4.69, 9.17) is 16.0 Å². The number of alkyl halides is 1. The Morgan fingerprint density at radius 3 is 2.54 bits per heavy atom. The van der Waals surface area contributed by atoms with Gasteiger partial charge in [0.25, 0.3) is 5.50 Å². The van der Waals surface area contributed by atoms with Crippen LogP contribution in [0.2, 0.25) is 0 Å². The summed E-state index contributed by atoms with van der Waals surface area (Å²) in [6, 6.07) is 9.49. The molecule has 2 heterocycles. The first-order valence-corrected chi connectivity index (χ1v) is 4.45. The minimum atomic E-state index is -0.267. The third-order valence-corrected chi connectivity index (χ3v) is 2.22. The lowest BCUT2D eigenvalue weighted by Gasteiger charge is -1.99. The molecule has 0 aromatic carbocycles. The minimum Gasteiger partial charge on any atom is -0.461 e. The molecule has 0 saturated carbocycles. The lowest BCUT2D eigenvalue weighted by molar-refractivity contribution is -0.695. The van der Waals surface area contributed by atoms with Gasteiger partial charge in [0, 0.05) is 12.1 Å². The molecule has 0 aliphatic heterocycles. The van der Waals surface area contributed by atoms with Gasteiger partial charge in [0.1, 0.15) is 0 Å². The van der Waals surface area contributed by atoms with E-state index in [1.165, 1.54) is 0 Å². The maximum Gasteiger partial charge on any atom is 0.290 e. The molecule has 1 unspecified atom stereocenters. The number of rotatable bonds is 2. The van der Waals surface area contributed by atoms with Gasteiger partial charge in [0.2, 0.25) is 0 Å². The summed E-state index contributed by atoms with van der Waals surface area (Å²) in [6.07, 6.45) is 5.43. The fourth-order valence-corrected chi connectivity index (χ4v) is 1.39. The molecule has 0 fully saturated rings. The maximum atomic E-state index is 6.14. The second-order valence-electron chi connectivity index (χ2n) is 2.67. The van der Waals surface area contributed by atoms with Crippen LogP contribution in [0.4, 0.5) is 0 Å². The number of hydrogen-bond donors (Lipinski definition) is 0. The third-order valence-electron chi connectivity index (χ3n) is 1.78. The van der Waals surface area contributed by atoms with Gasteiger partial charge in [0.05, 0.1) is 6.26 Å². The maximum absolute atomic E-state index is 6.14. The van der Waals surface area contributed by atoms with E-state index in [-0.39, 0.29) is 5.50 Å². The lowest BCUT2D eigenvalue weighted by atomic mass is 10.4. The fourth-order valence-electron chi connectivity index (χ4n) is 1.14. The lowest BCUT2D eigenvalue weighted by Crippen LogP contribution is -2.35. The van der Waals surface area contributed by atoms with Crippen molar-refractivity contribution in [2.75, 3.05) is 0 Å². The van der Waals surface area contributed by atoms with Gasteiger partial charge in [-0.2, -0.15) is 4.57 Å². The summed E-state index contributed by atoms with van der Waals surface area (Å²) < 4.78 is 7.07. The highest BCUT2D eigenvalue weighted by Gasteiger charge is 2.18. The molecule has 0 amide bonds. The normalized spacial score (nSPS) is 12.7. The molecule has 0 spiro atoms. The summed E-state index contributed by atoms with van der Waals surface area (Å²) in [5.74, 6) is 0.748. The van der Waals surface area contributed by atoms with Crippen LogP contribution in [0.15, 0.2) is 53.4 Å². The van der Waals surface area contributed by atoms with E-state index in [1.807, 2.05) is 47.3 Å². The Morgan fingerprint density at radius 1 is 1.15 bits per heavy atom. The summed E-state index contributed by atoms with van der Waals surface area (Å²) in [6.45, 7) is 0. The highest BCUT2D eigenvalue weighted by atomic mass is 35.5. The summed E-state index contributed by atoms with van der Waals surface area (Å²) in [5.41, 5.74) is -0.267. The van der Waals surface area contributed by atoms with Gasteiger partial charge >= 0.3 is 0 Å². The summed E-state index contributed by atoms with van der Waals surface area (Å²) >= 11 is 6.14. The summed E-state index contributed by atoms with van der Waals surface area (Å²) in [7, 11) is 0. The standard InChI is InChI=1S/C10H9ClNO/c11-10(9-5-4-8-13-9)12-6-2-1-3-7-12/h1-8,10H/q+1. The van der Waals surface area contributed by atoms with Crippen molar-refractivity contribution in [3.63, 3.8) is 0 Å². The highest BCUT2D eigenvalue weighted by Crippen LogP contribution is 2.16. The number of hydrogen-bond acceptors (Lipinski definition) is 1. The first kappa shape index (κ1) is 8.32. The molecule has 2 nitrogen and oxygen atoms in total. The van der Waals surface area contributed by atoms with E-state index < -0.39 is 0 Å². The van der Waals surface area contributed by atoms with Gasteiger partial charge in [-0.3, -0.25) is 0 Å². The van der Waals surface area contributed by atoms with Crippen LogP contribution in [0.25, 0.3) is 0 Å². The van der Waals surface area contributed by atoms with Crippen LogP contribution >= 0.6 is 11.6 Å². The number of halogens is 1. The first-order valence-electron chi connectivity index (χ1n) is 4.01. The van der Waals surface area contributed by atoms with Gasteiger partial charge in [-0.15, -0.1) is 0 Å². The second kappa shape index (κ2) is 3.62. The van der Waals surface area contributed by atoms with Gasteiger partial charge in [0.15, 0.2) is 18.2 Å². The molecule has 66 valence electrons. The van der Waals surface area contributed by atoms with Crippen LogP contribution in [0, 0.1) is 0 Å². The number of nitrogens with zero attached hydrogens (tertiary/aromatic N) is 1. The van der Waals surface area contributed by atoms with Crippen molar-refractivity contribution >= 4 is 11.6 Å². The Balaban J connectivity index is 2.29. The van der Waals surface area contributed by atoms with Crippen LogP contribution < -0.4 is 4.57 Å². The Labute approximate surface area is 81.4 Å². The zero-order valence-electron chi connectivity index (χ0n) is 6.93. The van der Waals surface area contributed by atoms with E-state index in [0.29, 0.717) is 0 Å². The van der Waals surface area contributed by atoms with Gasteiger partial charge in [-0.1, -0.05) is 6.07 Å². The minimum absolute atomic E-state index is 0.267. The zero-order valence-corrected chi connectivity index (χ0v) is 7.69. The Kier molecular flexibility index (Phi) is 2.32. The molecule has 0 bridgehead atoms. The molecule has 2 aromatic rings. The first-order chi connectivity index (χ1) is 6.38. The van der Waals surface area contributed by atoms with E-state index in [9.17, 15) is 0 Å². The smallest absolute Gasteiger partial charge is 0.290 e. The van der Waals surface area contributed by atoms with Crippen LogP contribution in [0.1, 0.15) is 11.3 Å². The number of pyridine rings is 1. The molecule has 3 heteroatoms. The molecule has 0 radical (unpaired) electrons. The summed E-state index contributed by atoms with van der Waals surface area (Å²) in [4.78, 5) is 0. The molecule has 0 aliphatic rings. The van der Waals surface area contributed by atoms with E-state index in [0.717, 1.165) is 5.76 Å². The number of furan rings is 1. The van der Waals surface area contributed by atoms with Gasteiger partial charge in [-0.05, 0) is 23.7 Å². The van der Waals surface area contributed by atoms with Crippen molar-refractivity contribution in [1.82, 2.24) is 0 Å². The molecular weight excluding hydrogens is 186 g/mol. The Hall–Kier alpha value is -1.28. The SMILES string of the molecule is ClC(c1ccco1)[n+]1ccccc1. The molecule has 0 aliphatic carbocycles. The van der Waals surface area contributed by atoms with Crippen LogP contribution in [-0.2, 0) is 0 Å². The molecular formula is C10H9ClNO+. The predicted molar refractivity (Wildman–Crippen MR) is 49.3 cm³/mol. The third kappa shape index (κ3) is 1.73. The van der Waals surface area contributed by atoms with E-state index in [1.54, 1.807) is 6.26 Å². The van der Waals surface area contributed by atoms with Crippen molar-refractivity contribution in [1.29, 1.82) is 0 Å². The largest absolute Gasteiger partial charge is 0.461 e. The Morgan fingerprint density at radius 2 is 1.92 bits per heavy atom. The topological polar surface area (TPSA) is 17.0 Å². The number of aromatic nitrogens is 1. The molecule has 2 rings (SSSR count). The predicted octanol–water partition coefficient (Wildman–Crippen LogP) is 2.35. The van der Waals surface area contributed by atoms with Crippen molar-refractivity contribution in [2.45, 2.75) is 5.50 Å². The molecule has 0 N–H and O–H groups in total. The second-order valence-corrected chi connectivity index (χ2v) is 3.09. The van der Waals surface area contributed by atoms with E-state index >= 15 is 0 Å². The highest BCUT2D eigenvalue weighted by molar-refractivity contribution is 6.19. The molecule has 0 saturated heterocycles. The molecule has 1 atom stereocenters. The van der Waals surface area contributed by atoms with Crippen molar-refractivity contribution in [2.24, 2.45) is 0 Å². The van der Waals surface area contributed by atoms with Crippen LogP contribution in [0.5, 0.6) is 0 Å². The Bertz CT molecular complexity index is 358. The molecule has 2 aromatic heterocycles. The van der Waals surface area contributed by atoms with Crippen LogP contribution in [-0.4, -0.2) is 0 Å². The monoisotopic (exact) mass is 194 g/mol.